The summed E-state index contributed by atoms with van der Waals surface area (Å²) in [6.07, 6.45) is 2.57. The van der Waals surface area contributed by atoms with E-state index in [4.69, 9.17) is 4.74 Å². The van der Waals surface area contributed by atoms with E-state index < -0.39 is 0 Å². The number of benzene rings is 2. The summed E-state index contributed by atoms with van der Waals surface area (Å²) in [6.45, 7) is 1.51. The number of carbonyl (C=O) groups excluding carboxylic acids is 1. The van der Waals surface area contributed by atoms with Gasteiger partial charge in [0.1, 0.15) is 12.4 Å². The molecule has 2 fully saturated rings. The second kappa shape index (κ2) is 7.89. The van der Waals surface area contributed by atoms with E-state index in [1.165, 1.54) is 5.56 Å². The predicted molar refractivity (Wildman–Crippen MR) is 101 cm³/mol. The largest absolute Gasteiger partial charge is 0.489 e. The van der Waals surface area contributed by atoms with Gasteiger partial charge in [-0.25, -0.2) is 0 Å². The standard InChI is InChI=1S/C21H25N3O2/c25-21(12-17-10-11-22-24-17)23-20-13-19(20)16-6-8-18(9-7-16)26-14-15-4-2-1-3-5-15/h1-9,17,19-20,22,24H,10-14H2,(H,23,25). The van der Waals surface area contributed by atoms with Crippen LogP contribution in [0.5, 0.6) is 5.75 Å². The lowest BCUT2D eigenvalue weighted by Gasteiger charge is -2.10. The molecule has 2 aromatic carbocycles. The first-order valence-electron chi connectivity index (χ1n) is 9.32. The summed E-state index contributed by atoms with van der Waals surface area (Å²) in [4.78, 5) is 12.1. The highest BCUT2D eigenvalue weighted by Gasteiger charge is 2.39. The fourth-order valence-electron chi connectivity index (χ4n) is 3.45. The van der Waals surface area contributed by atoms with Crippen molar-refractivity contribution in [2.45, 2.75) is 43.9 Å². The summed E-state index contributed by atoms with van der Waals surface area (Å²) in [6, 6.07) is 18.9. The van der Waals surface area contributed by atoms with Crippen LogP contribution in [0.3, 0.4) is 0 Å². The molecule has 3 N–H and O–H groups in total. The lowest BCUT2D eigenvalue weighted by atomic mass is 10.1. The molecule has 26 heavy (non-hydrogen) atoms. The van der Waals surface area contributed by atoms with E-state index in [9.17, 15) is 4.79 Å². The minimum atomic E-state index is 0.140. The highest BCUT2D eigenvalue weighted by Crippen LogP contribution is 2.41. The minimum absolute atomic E-state index is 0.140. The average Bonchev–Trinajstić information content (AvgIpc) is 3.23. The molecule has 1 saturated heterocycles. The molecule has 1 heterocycles. The van der Waals surface area contributed by atoms with Crippen LogP contribution in [0.15, 0.2) is 54.6 Å². The smallest absolute Gasteiger partial charge is 0.221 e. The Morgan fingerprint density at radius 2 is 1.92 bits per heavy atom. The van der Waals surface area contributed by atoms with Crippen LogP contribution in [0.1, 0.15) is 36.3 Å². The van der Waals surface area contributed by atoms with Crippen molar-refractivity contribution in [3.8, 4) is 5.75 Å². The van der Waals surface area contributed by atoms with Crippen LogP contribution in [0.4, 0.5) is 0 Å². The lowest BCUT2D eigenvalue weighted by molar-refractivity contribution is -0.121. The third-order valence-electron chi connectivity index (χ3n) is 5.05. The van der Waals surface area contributed by atoms with Crippen LogP contribution >= 0.6 is 0 Å². The van der Waals surface area contributed by atoms with Gasteiger partial charge in [-0.1, -0.05) is 42.5 Å². The molecule has 0 aromatic heterocycles. The van der Waals surface area contributed by atoms with Gasteiger partial charge >= 0.3 is 0 Å². The van der Waals surface area contributed by atoms with Crippen molar-refractivity contribution in [2.24, 2.45) is 0 Å². The second-order valence-corrected chi connectivity index (χ2v) is 7.12. The monoisotopic (exact) mass is 351 g/mol. The maximum absolute atomic E-state index is 12.1. The molecule has 0 spiro atoms. The summed E-state index contributed by atoms with van der Waals surface area (Å²) < 4.78 is 5.83. The molecule has 1 saturated carbocycles. The highest BCUT2D eigenvalue weighted by molar-refractivity contribution is 5.77. The first-order chi connectivity index (χ1) is 12.8. The zero-order valence-corrected chi connectivity index (χ0v) is 14.8. The molecule has 2 aliphatic rings. The number of carbonyl (C=O) groups is 1. The van der Waals surface area contributed by atoms with Crippen LogP contribution in [0.2, 0.25) is 0 Å². The van der Waals surface area contributed by atoms with E-state index in [2.05, 4.69) is 40.4 Å². The van der Waals surface area contributed by atoms with Crippen molar-refractivity contribution < 1.29 is 9.53 Å². The quantitative estimate of drug-likeness (QED) is 0.717. The number of hydrazine groups is 1. The van der Waals surface area contributed by atoms with Crippen molar-refractivity contribution in [3.05, 3.63) is 65.7 Å². The van der Waals surface area contributed by atoms with E-state index in [1.807, 2.05) is 30.3 Å². The van der Waals surface area contributed by atoms with Gasteiger partial charge in [0.15, 0.2) is 0 Å². The third-order valence-corrected chi connectivity index (χ3v) is 5.05. The second-order valence-electron chi connectivity index (χ2n) is 7.12. The van der Waals surface area contributed by atoms with E-state index in [0.29, 0.717) is 18.9 Å². The van der Waals surface area contributed by atoms with Gasteiger partial charge in [0, 0.05) is 31.0 Å². The first kappa shape index (κ1) is 17.1. The van der Waals surface area contributed by atoms with Crippen molar-refractivity contribution in [1.29, 1.82) is 0 Å². The summed E-state index contributed by atoms with van der Waals surface area (Å²) in [5, 5.41) is 3.15. The molecule has 5 nitrogen and oxygen atoms in total. The van der Waals surface area contributed by atoms with E-state index in [-0.39, 0.29) is 18.0 Å². The number of amides is 1. The Morgan fingerprint density at radius 3 is 2.65 bits per heavy atom. The Labute approximate surface area is 154 Å². The van der Waals surface area contributed by atoms with Gasteiger partial charge in [-0.3, -0.25) is 15.6 Å². The van der Waals surface area contributed by atoms with Crippen molar-refractivity contribution >= 4 is 5.91 Å². The van der Waals surface area contributed by atoms with Gasteiger partial charge in [-0.2, -0.15) is 0 Å². The van der Waals surface area contributed by atoms with E-state index in [0.717, 1.165) is 30.7 Å². The fourth-order valence-corrected chi connectivity index (χ4v) is 3.45. The van der Waals surface area contributed by atoms with Crippen molar-refractivity contribution in [3.63, 3.8) is 0 Å². The molecular weight excluding hydrogens is 326 g/mol. The zero-order chi connectivity index (χ0) is 17.8. The van der Waals surface area contributed by atoms with Crippen LogP contribution in [0, 0.1) is 0 Å². The van der Waals surface area contributed by atoms with Gasteiger partial charge in [0.05, 0.1) is 0 Å². The zero-order valence-electron chi connectivity index (χ0n) is 14.8. The van der Waals surface area contributed by atoms with Crippen LogP contribution in [0.25, 0.3) is 0 Å². The van der Waals surface area contributed by atoms with E-state index >= 15 is 0 Å². The molecule has 5 heteroatoms. The Balaban J connectivity index is 1.23. The Kier molecular flexibility index (Phi) is 5.18. The van der Waals surface area contributed by atoms with Gasteiger partial charge in [-0.15, -0.1) is 0 Å². The summed E-state index contributed by atoms with van der Waals surface area (Å²) in [5.74, 6) is 1.44. The molecule has 1 aliphatic heterocycles. The summed E-state index contributed by atoms with van der Waals surface area (Å²) in [5.41, 5.74) is 8.62. The first-order valence-corrected chi connectivity index (χ1v) is 9.32. The molecule has 136 valence electrons. The number of hydrogen-bond acceptors (Lipinski definition) is 4. The molecule has 0 radical (unpaired) electrons. The van der Waals surface area contributed by atoms with Gasteiger partial charge < -0.3 is 10.1 Å². The van der Waals surface area contributed by atoms with Gasteiger partial charge in [0.25, 0.3) is 0 Å². The van der Waals surface area contributed by atoms with Gasteiger partial charge in [0.2, 0.25) is 5.91 Å². The van der Waals surface area contributed by atoms with Crippen LogP contribution in [-0.2, 0) is 11.4 Å². The number of hydrogen-bond donors (Lipinski definition) is 3. The fraction of sp³-hybridized carbons (Fsp3) is 0.381. The molecule has 0 bridgehead atoms. The van der Waals surface area contributed by atoms with Crippen molar-refractivity contribution in [1.82, 2.24) is 16.2 Å². The number of ether oxygens (including phenoxy) is 1. The number of nitrogens with one attached hydrogen (secondary N) is 3. The van der Waals surface area contributed by atoms with Crippen LogP contribution in [-0.4, -0.2) is 24.5 Å². The van der Waals surface area contributed by atoms with Crippen molar-refractivity contribution in [2.75, 3.05) is 6.54 Å². The lowest BCUT2D eigenvalue weighted by Crippen LogP contribution is -2.36. The minimum Gasteiger partial charge on any atom is -0.489 e. The number of rotatable bonds is 7. The Bertz CT molecular complexity index is 727. The molecule has 3 unspecified atom stereocenters. The highest BCUT2D eigenvalue weighted by atomic mass is 16.5. The van der Waals surface area contributed by atoms with E-state index in [1.54, 1.807) is 0 Å². The topological polar surface area (TPSA) is 62.4 Å². The van der Waals surface area contributed by atoms with Gasteiger partial charge in [-0.05, 0) is 36.1 Å². The molecule has 2 aromatic rings. The molecule has 3 atom stereocenters. The maximum atomic E-state index is 12.1. The SMILES string of the molecule is O=C(CC1CCNN1)NC1CC1c1ccc(OCc2ccccc2)cc1. The molecule has 1 amide bonds. The Morgan fingerprint density at radius 1 is 1.12 bits per heavy atom. The molecular formula is C21H25N3O2. The summed E-state index contributed by atoms with van der Waals surface area (Å²) in [7, 11) is 0. The maximum Gasteiger partial charge on any atom is 0.221 e. The summed E-state index contributed by atoms with van der Waals surface area (Å²) >= 11 is 0. The molecule has 4 rings (SSSR count). The third kappa shape index (κ3) is 4.42. The average molecular weight is 351 g/mol. The van der Waals surface area contributed by atoms with Crippen LogP contribution < -0.4 is 20.9 Å². The Hall–Kier alpha value is -2.37. The predicted octanol–water partition coefficient (Wildman–Crippen LogP) is 2.49. The molecule has 1 aliphatic carbocycles. The normalized spacial score (nSPS) is 24.2.